The summed E-state index contributed by atoms with van der Waals surface area (Å²) in [6.45, 7) is 2.27. The lowest BCUT2D eigenvalue weighted by molar-refractivity contribution is 0.469. The highest BCUT2D eigenvalue weighted by Gasteiger charge is 2.08. The van der Waals surface area contributed by atoms with E-state index >= 15 is 0 Å². The van der Waals surface area contributed by atoms with Crippen LogP contribution < -0.4 is 11.1 Å². The third-order valence-corrected chi connectivity index (χ3v) is 3.05. The van der Waals surface area contributed by atoms with E-state index in [0.717, 1.165) is 5.82 Å². The van der Waals surface area contributed by atoms with Crippen LogP contribution in [0.4, 0.5) is 11.5 Å². The van der Waals surface area contributed by atoms with Gasteiger partial charge in [0.15, 0.2) is 5.82 Å². The number of phenols is 1. The van der Waals surface area contributed by atoms with Gasteiger partial charge in [-0.15, -0.1) is 10.2 Å². The molecule has 3 aromatic rings. The highest BCUT2D eigenvalue weighted by molar-refractivity contribution is 5.62. The van der Waals surface area contributed by atoms with Crippen molar-refractivity contribution in [3.63, 3.8) is 0 Å². The number of nitrogens with two attached hydrogens (primary N) is 1. The van der Waals surface area contributed by atoms with Crippen LogP contribution in [-0.4, -0.2) is 24.7 Å². The highest BCUT2D eigenvalue weighted by Crippen LogP contribution is 2.21. The Hall–Kier alpha value is -2.83. The van der Waals surface area contributed by atoms with Gasteiger partial charge >= 0.3 is 0 Å². The summed E-state index contributed by atoms with van der Waals surface area (Å²) in [5.74, 6) is 1.59. The minimum absolute atomic E-state index is 0.191. The summed E-state index contributed by atoms with van der Waals surface area (Å²) in [5.41, 5.74) is 7.66. The second-order valence-corrected chi connectivity index (χ2v) is 4.46. The average Bonchev–Trinajstić information content (AvgIpc) is 2.82. The number of nitrogens with zero attached hydrogens (tertiary/aromatic N) is 4. The molecular formula is C13H14N6O. The number of aromatic hydroxyl groups is 1. The molecule has 20 heavy (non-hydrogen) atoms. The molecule has 4 N–H and O–H groups in total. The van der Waals surface area contributed by atoms with Gasteiger partial charge in [0.25, 0.3) is 0 Å². The predicted molar refractivity (Wildman–Crippen MR) is 75.4 cm³/mol. The Balaban J connectivity index is 1.88. The van der Waals surface area contributed by atoms with Crippen molar-refractivity contribution >= 4 is 17.2 Å². The molecule has 0 aliphatic carbocycles. The standard InChI is InChI=1S/C13H14N6O/c1-8-17-18-13-12(15-4-5-19(8)13)16-7-9-6-10(14)2-3-11(9)20/h2-6,20H,7,14H2,1H3,(H,15,16). The molecule has 0 saturated carbocycles. The summed E-state index contributed by atoms with van der Waals surface area (Å²) < 4.78 is 1.84. The van der Waals surface area contributed by atoms with Crippen molar-refractivity contribution in [2.24, 2.45) is 0 Å². The molecule has 0 bridgehead atoms. The zero-order valence-electron chi connectivity index (χ0n) is 10.9. The second kappa shape index (κ2) is 4.69. The zero-order chi connectivity index (χ0) is 14.1. The van der Waals surface area contributed by atoms with E-state index in [1.54, 1.807) is 30.6 Å². The molecule has 0 atom stereocenters. The van der Waals surface area contributed by atoms with E-state index < -0.39 is 0 Å². The van der Waals surface area contributed by atoms with E-state index in [0.29, 0.717) is 29.3 Å². The van der Waals surface area contributed by atoms with Gasteiger partial charge in [-0.25, -0.2) is 4.98 Å². The smallest absolute Gasteiger partial charge is 0.203 e. The summed E-state index contributed by atoms with van der Waals surface area (Å²) in [4.78, 5) is 4.24. The van der Waals surface area contributed by atoms with Crippen LogP contribution in [0.3, 0.4) is 0 Å². The fourth-order valence-corrected chi connectivity index (χ4v) is 1.99. The molecular weight excluding hydrogens is 256 g/mol. The molecule has 0 aliphatic heterocycles. The monoisotopic (exact) mass is 270 g/mol. The van der Waals surface area contributed by atoms with Crippen LogP contribution in [0.15, 0.2) is 30.6 Å². The maximum atomic E-state index is 9.78. The normalized spacial score (nSPS) is 10.8. The van der Waals surface area contributed by atoms with Gasteiger partial charge in [0.05, 0.1) is 0 Å². The van der Waals surface area contributed by atoms with E-state index in [-0.39, 0.29) is 5.75 Å². The second-order valence-electron chi connectivity index (χ2n) is 4.46. The zero-order valence-corrected chi connectivity index (χ0v) is 10.9. The molecule has 2 heterocycles. The maximum absolute atomic E-state index is 9.78. The molecule has 0 fully saturated rings. The maximum Gasteiger partial charge on any atom is 0.203 e. The number of nitrogens with one attached hydrogen (secondary N) is 1. The molecule has 1 aromatic carbocycles. The highest BCUT2D eigenvalue weighted by atomic mass is 16.3. The lowest BCUT2D eigenvalue weighted by Crippen LogP contribution is -2.04. The van der Waals surface area contributed by atoms with Crippen LogP contribution in [0, 0.1) is 6.92 Å². The van der Waals surface area contributed by atoms with Crippen molar-refractivity contribution in [1.82, 2.24) is 19.6 Å². The number of anilines is 2. The molecule has 7 nitrogen and oxygen atoms in total. The Morgan fingerprint density at radius 3 is 3.05 bits per heavy atom. The van der Waals surface area contributed by atoms with Gasteiger partial charge in [-0.1, -0.05) is 0 Å². The van der Waals surface area contributed by atoms with Gasteiger partial charge in [-0.3, -0.25) is 4.40 Å². The Morgan fingerprint density at radius 1 is 1.35 bits per heavy atom. The number of aryl methyl sites for hydroxylation is 1. The van der Waals surface area contributed by atoms with E-state index in [2.05, 4.69) is 20.5 Å². The summed E-state index contributed by atoms with van der Waals surface area (Å²) in [6, 6.07) is 4.94. The summed E-state index contributed by atoms with van der Waals surface area (Å²) >= 11 is 0. The number of rotatable bonds is 3. The number of hydrogen-bond donors (Lipinski definition) is 3. The Bertz CT molecular complexity index is 767. The molecule has 3 rings (SSSR count). The lowest BCUT2D eigenvalue weighted by Gasteiger charge is -2.08. The average molecular weight is 270 g/mol. The summed E-state index contributed by atoms with van der Waals surface area (Å²) in [6.07, 6.45) is 3.47. The quantitative estimate of drug-likeness (QED) is 0.490. The van der Waals surface area contributed by atoms with Crippen molar-refractivity contribution in [2.45, 2.75) is 13.5 Å². The van der Waals surface area contributed by atoms with Crippen molar-refractivity contribution in [3.8, 4) is 5.75 Å². The van der Waals surface area contributed by atoms with Crippen molar-refractivity contribution in [1.29, 1.82) is 0 Å². The first-order valence-corrected chi connectivity index (χ1v) is 6.13. The van der Waals surface area contributed by atoms with Crippen LogP contribution in [0.2, 0.25) is 0 Å². The number of nitrogen functional groups attached to an aromatic ring is 1. The molecule has 0 unspecified atom stereocenters. The molecule has 2 aromatic heterocycles. The molecule has 0 radical (unpaired) electrons. The van der Waals surface area contributed by atoms with Crippen LogP contribution in [0.5, 0.6) is 5.75 Å². The summed E-state index contributed by atoms with van der Waals surface area (Å²) in [5, 5.41) is 21.0. The van der Waals surface area contributed by atoms with Crippen molar-refractivity contribution in [3.05, 3.63) is 42.0 Å². The van der Waals surface area contributed by atoms with E-state index in [9.17, 15) is 5.11 Å². The minimum Gasteiger partial charge on any atom is -0.508 e. The molecule has 0 amide bonds. The van der Waals surface area contributed by atoms with E-state index in [1.807, 2.05) is 11.3 Å². The topological polar surface area (TPSA) is 101 Å². The Labute approximate surface area is 115 Å². The van der Waals surface area contributed by atoms with Gasteiger partial charge in [0, 0.05) is 30.2 Å². The fraction of sp³-hybridized carbons (Fsp3) is 0.154. The third kappa shape index (κ3) is 2.09. The number of phenolic OH excluding ortho intramolecular Hbond substituents is 1. The predicted octanol–water partition coefficient (Wildman–Crippen LogP) is 1.33. The molecule has 0 saturated heterocycles. The van der Waals surface area contributed by atoms with Crippen LogP contribution in [0.25, 0.3) is 5.65 Å². The van der Waals surface area contributed by atoms with Gasteiger partial charge in [0.2, 0.25) is 5.65 Å². The van der Waals surface area contributed by atoms with Gasteiger partial charge in [-0.2, -0.15) is 0 Å². The van der Waals surface area contributed by atoms with E-state index in [1.165, 1.54) is 0 Å². The molecule has 0 spiro atoms. The molecule has 0 aliphatic rings. The van der Waals surface area contributed by atoms with Crippen LogP contribution >= 0.6 is 0 Å². The number of fused-ring (bicyclic) bond motifs is 1. The molecule has 7 heteroatoms. The fourth-order valence-electron chi connectivity index (χ4n) is 1.99. The number of benzene rings is 1. The summed E-state index contributed by atoms with van der Waals surface area (Å²) in [7, 11) is 0. The third-order valence-electron chi connectivity index (χ3n) is 3.05. The minimum atomic E-state index is 0.191. The first-order valence-electron chi connectivity index (χ1n) is 6.13. The van der Waals surface area contributed by atoms with Crippen LogP contribution in [0.1, 0.15) is 11.4 Å². The van der Waals surface area contributed by atoms with Crippen molar-refractivity contribution in [2.75, 3.05) is 11.1 Å². The van der Waals surface area contributed by atoms with E-state index in [4.69, 9.17) is 5.73 Å². The first-order chi connectivity index (χ1) is 9.65. The SMILES string of the molecule is Cc1nnc2c(NCc3cc(N)ccc3O)nccn12. The number of aromatic nitrogens is 4. The van der Waals surface area contributed by atoms with Gasteiger partial charge in [0.1, 0.15) is 11.6 Å². The Morgan fingerprint density at radius 2 is 2.20 bits per heavy atom. The molecule has 102 valence electrons. The lowest BCUT2D eigenvalue weighted by atomic mass is 10.2. The largest absolute Gasteiger partial charge is 0.508 e. The van der Waals surface area contributed by atoms with Crippen molar-refractivity contribution < 1.29 is 5.11 Å². The Kier molecular flexibility index (Phi) is 2.86. The van der Waals surface area contributed by atoms with Gasteiger partial charge < -0.3 is 16.2 Å². The number of hydrogen-bond acceptors (Lipinski definition) is 6. The van der Waals surface area contributed by atoms with Gasteiger partial charge in [-0.05, 0) is 25.1 Å². The first kappa shape index (κ1) is 12.2. The van der Waals surface area contributed by atoms with Crippen LogP contribution in [-0.2, 0) is 6.54 Å².